The minimum absolute atomic E-state index is 0.109. The molecule has 186 valence electrons. The van der Waals surface area contributed by atoms with Crippen molar-refractivity contribution in [3.8, 4) is 0 Å². The average Bonchev–Trinajstić information content (AvgIpc) is 3.41. The van der Waals surface area contributed by atoms with Crippen molar-refractivity contribution in [2.24, 2.45) is 0 Å². The van der Waals surface area contributed by atoms with Gasteiger partial charge < -0.3 is 19.8 Å². The van der Waals surface area contributed by atoms with Gasteiger partial charge in [0.05, 0.1) is 22.7 Å². The lowest BCUT2D eigenvalue weighted by molar-refractivity contribution is 0.156. The Balaban J connectivity index is 1.11. The molecule has 1 aromatic carbocycles. The summed E-state index contributed by atoms with van der Waals surface area (Å²) in [4.78, 5) is 22.5. The summed E-state index contributed by atoms with van der Waals surface area (Å²) in [7, 11) is 0. The molecule has 0 amide bonds. The molecular formula is C28H29F2N5O. The summed E-state index contributed by atoms with van der Waals surface area (Å²) in [6.45, 7) is 9.46. The Morgan fingerprint density at radius 3 is 2.83 bits per heavy atom. The molecule has 0 unspecified atom stereocenters. The van der Waals surface area contributed by atoms with Crippen LogP contribution in [0.2, 0.25) is 0 Å². The van der Waals surface area contributed by atoms with Crippen molar-refractivity contribution in [2.75, 3.05) is 19.6 Å². The quantitative estimate of drug-likeness (QED) is 0.423. The molecule has 36 heavy (non-hydrogen) atoms. The Morgan fingerprint density at radius 1 is 1.25 bits per heavy atom. The van der Waals surface area contributed by atoms with Crippen LogP contribution in [0.15, 0.2) is 47.9 Å². The maximum absolute atomic E-state index is 15.0. The van der Waals surface area contributed by atoms with Gasteiger partial charge in [-0.05, 0) is 50.2 Å². The van der Waals surface area contributed by atoms with Gasteiger partial charge in [0.25, 0.3) is 5.56 Å². The number of pyridine rings is 2. The van der Waals surface area contributed by atoms with Crippen molar-refractivity contribution in [3.63, 3.8) is 0 Å². The van der Waals surface area contributed by atoms with E-state index in [1.54, 1.807) is 16.7 Å². The van der Waals surface area contributed by atoms with Crippen LogP contribution in [0.5, 0.6) is 0 Å². The van der Waals surface area contributed by atoms with Gasteiger partial charge >= 0.3 is 0 Å². The molecule has 2 N–H and O–H groups in total. The van der Waals surface area contributed by atoms with E-state index in [9.17, 15) is 13.6 Å². The van der Waals surface area contributed by atoms with Gasteiger partial charge in [-0.3, -0.25) is 9.78 Å². The zero-order chi connectivity index (χ0) is 25.0. The Hall–Kier alpha value is -3.36. The summed E-state index contributed by atoms with van der Waals surface area (Å²) >= 11 is 0. The van der Waals surface area contributed by atoms with E-state index in [1.807, 2.05) is 6.07 Å². The van der Waals surface area contributed by atoms with Gasteiger partial charge in [-0.2, -0.15) is 0 Å². The highest BCUT2D eigenvalue weighted by Crippen LogP contribution is 2.39. The van der Waals surface area contributed by atoms with Crippen LogP contribution in [-0.2, 0) is 18.5 Å². The van der Waals surface area contributed by atoms with E-state index >= 15 is 0 Å². The van der Waals surface area contributed by atoms with Crippen LogP contribution in [0.3, 0.4) is 0 Å². The van der Waals surface area contributed by atoms with Crippen LogP contribution in [-0.4, -0.2) is 45.1 Å². The van der Waals surface area contributed by atoms with E-state index in [1.165, 1.54) is 24.4 Å². The summed E-state index contributed by atoms with van der Waals surface area (Å²) in [6.07, 6.45) is 4.90. The van der Waals surface area contributed by atoms with Gasteiger partial charge in [-0.25, -0.2) is 8.78 Å². The number of aromatic amines is 1. The Morgan fingerprint density at radius 2 is 2.06 bits per heavy atom. The molecule has 6 rings (SSSR count). The third-order valence-corrected chi connectivity index (χ3v) is 7.81. The first-order valence-corrected chi connectivity index (χ1v) is 12.4. The number of hydrogen-bond donors (Lipinski definition) is 2. The standard InChI is InChI=1S/C28H29F2N5O/c1-3-17-10-19(29)11-18-12-21(33-26(17)18)13-31-20-6-8-34(9-7-20)15-28(2)16-35-24(36)5-4-23-27(35)25(28)22(30)14-32-23/h3-5,10-12,14,20,31,33H,1,6-9,13,15-16H2,2H3/t28-/m1/s1. The highest BCUT2D eigenvalue weighted by atomic mass is 19.1. The summed E-state index contributed by atoms with van der Waals surface area (Å²) in [5.41, 5.74) is 4.00. The largest absolute Gasteiger partial charge is 0.357 e. The molecule has 1 atom stereocenters. The molecule has 5 heterocycles. The second-order valence-electron chi connectivity index (χ2n) is 10.4. The van der Waals surface area contributed by atoms with Crippen LogP contribution in [0.4, 0.5) is 8.78 Å². The number of hydrogen-bond acceptors (Lipinski definition) is 4. The number of rotatable bonds is 6. The van der Waals surface area contributed by atoms with Crippen molar-refractivity contribution in [3.05, 3.63) is 81.9 Å². The molecule has 1 saturated heterocycles. The van der Waals surface area contributed by atoms with Gasteiger partial charge in [-0.15, -0.1) is 0 Å². The maximum Gasteiger partial charge on any atom is 0.251 e. The monoisotopic (exact) mass is 489 g/mol. The first kappa shape index (κ1) is 23.1. The highest BCUT2D eigenvalue weighted by Gasteiger charge is 2.41. The lowest BCUT2D eigenvalue weighted by Crippen LogP contribution is -2.47. The fourth-order valence-corrected chi connectivity index (χ4v) is 6.12. The Bertz CT molecular complexity index is 1550. The third-order valence-electron chi connectivity index (χ3n) is 7.81. The number of piperidine rings is 1. The lowest BCUT2D eigenvalue weighted by atomic mass is 9.83. The summed E-state index contributed by atoms with van der Waals surface area (Å²) in [5, 5.41) is 4.48. The number of halogens is 2. The minimum atomic E-state index is -0.485. The summed E-state index contributed by atoms with van der Waals surface area (Å²) in [6, 6.07) is 8.57. The molecule has 0 bridgehead atoms. The van der Waals surface area contributed by atoms with Crippen molar-refractivity contribution < 1.29 is 8.78 Å². The number of likely N-dealkylation sites (tertiary alicyclic amines) is 1. The maximum atomic E-state index is 15.0. The van der Waals surface area contributed by atoms with Gasteiger partial charge in [0, 0.05) is 59.4 Å². The molecular weight excluding hydrogens is 460 g/mol. The number of H-pyrrole nitrogens is 1. The number of fused-ring (bicyclic) bond motifs is 1. The molecule has 1 fully saturated rings. The molecule has 4 aromatic rings. The van der Waals surface area contributed by atoms with Crippen molar-refractivity contribution in [1.82, 2.24) is 24.8 Å². The summed E-state index contributed by atoms with van der Waals surface area (Å²) in [5.74, 6) is -0.601. The predicted octanol–water partition coefficient (Wildman–Crippen LogP) is 4.32. The van der Waals surface area contributed by atoms with Gasteiger partial charge in [0.2, 0.25) is 0 Å². The third kappa shape index (κ3) is 3.85. The van der Waals surface area contributed by atoms with E-state index in [4.69, 9.17) is 0 Å². The lowest BCUT2D eigenvalue weighted by Gasteiger charge is -2.37. The average molecular weight is 490 g/mol. The second kappa shape index (κ2) is 8.64. The smallest absolute Gasteiger partial charge is 0.251 e. The van der Waals surface area contributed by atoms with Gasteiger partial charge in [-0.1, -0.05) is 19.6 Å². The number of aromatic nitrogens is 3. The number of benzene rings is 1. The molecule has 0 spiro atoms. The minimum Gasteiger partial charge on any atom is -0.357 e. The zero-order valence-electron chi connectivity index (χ0n) is 20.3. The predicted molar refractivity (Wildman–Crippen MR) is 138 cm³/mol. The first-order chi connectivity index (χ1) is 17.3. The number of nitrogens with one attached hydrogen (secondary N) is 2. The van der Waals surface area contributed by atoms with Crippen molar-refractivity contribution in [1.29, 1.82) is 0 Å². The van der Waals surface area contributed by atoms with Crippen LogP contribution in [0, 0.1) is 11.6 Å². The van der Waals surface area contributed by atoms with Gasteiger partial charge in [0.15, 0.2) is 0 Å². The van der Waals surface area contributed by atoms with E-state index in [0.717, 1.165) is 48.1 Å². The van der Waals surface area contributed by atoms with Crippen LogP contribution in [0.1, 0.15) is 36.6 Å². The van der Waals surface area contributed by atoms with Crippen molar-refractivity contribution in [2.45, 2.75) is 44.3 Å². The van der Waals surface area contributed by atoms with Crippen LogP contribution in [0.25, 0.3) is 28.0 Å². The molecule has 2 aliphatic rings. The van der Waals surface area contributed by atoms with Crippen molar-refractivity contribution >= 4 is 28.0 Å². The zero-order valence-corrected chi connectivity index (χ0v) is 20.3. The topological polar surface area (TPSA) is 65.9 Å². The Kier molecular flexibility index (Phi) is 5.53. The molecule has 3 aromatic heterocycles. The molecule has 2 aliphatic heterocycles. The molecule has 0 radical (unpaired) electrons. The van der Waals surface area contributed by atoms with E-state index in [-0.39, 0.29) is 17.2 Å². The normalized spacial score (nSPS) is 20.5. The van der Waals surface area contributed by atoms with E-state index in [0.29, 0.717) is 42.3 Å². The molecule has 0 aliphatic carbocycles. The Labute approximate surface area is 207 Å². The fourth-order valence-electron chi connectivity index (χ4n) is 6.12. The second-order valence-corrected chi connectivity index (χ2v) is 10.4. The highest BCUT2D eigenvalue weighted by molar-refractivity contribution is 5.88. The number of nitrogens with zero attached hydrogens (tertiary/aromatic N) is 3. The van der Waals surface area contributed by atoms with Crippen LogP contribution < -0.4 is 10.9 Å². The SMILES string of the molecule is C=Cc1cc(F)cc2cc(CNC3CCN(C[C@]4(C)Cn5c(=O)ccc6ncc(F)c4c65)CC3)[nH]c12. The summed E-state index contributed by atoms with van der Waals surface area (Å²) < 4.78 is 30.5. The fraction of sp³-hybridized carbons (Fsp3) is 0.357. The molecule has 8 heteroatoms. The van der Waals surface area contributed by atoms with Crippen LogP contribution >= 0.6 is 0 Å². The van der Waals surface area contributed by atoms with E-state index < -0.39 is 5.41 Å². The van der Waals surface area contributed by atoms with Gasteiger partial charge in [0.1, 0.15) is 11.6 Å². The van der Waals surface area contributed by atoms with E-state index in [2.05, 4.69) is 33.7 Å². The first-order valence-electron chi connectivity index (χ1n) is 12.4. The molecule has 0 saturated carbocycles. The molecule has 6 nitrogen and oxygen atoms in total.